The van der Waals surface area contributed by atoms with Crippen LogP contribution in [-0.2, 0) is 16.2 Å². The average Bonchev–Trinajstić information content (AvgIpc) is 3.37. The molecule has 0 spiro atoms. The molecule has 1 fully saturated rings. The molecule has 0 radical (unpaired) electrons. The molecule has 0 amide bonds. The number of rotatable bonds is 5. The Morgan fingerprint density at radius 1 is 1.19 bits per heavy atom. The van der Waals surface area contributed by atoms with Crippen LogP contribution in [0.3, 0.4) is 0 Å². The number of thiazole rings is 1. The number of alkyl halides is 3. The number of aromatic nitrogens is 3. The first-order valence-corrected chi connectivity index (χ1v) is 12.0. The van der Waals surface area contributed by atoms with Gasteiger partial charge in [-0.05, 0) is 38.5 Å². The van der Waals surface area contributed by atoms with Crippen molar-refractivity contribution in [3.05, 3.63) is 58.5 Å². The Morgan fingerprint density at radius 3 is 2.66 bits per heavy atom. The number of aryl methyl sites for hydroxylation is 2. The molecule has 7 nitrogen and oxygen atoms in total. The Hall–Kier alpha value is -2.57. The normalized spacial score (nSPS) is 17.6. The zero-order valence-corrected chi connectivity index (χ0v) is 18.9. The predicted octanol–water partition coefficient (Wildman–Crippen LogP) is 4.49. The van der Waals surface area contributed by atoms with Crippen LogP contribution in [0.1, 0.15) is 34.3 Å². The van der Waals surface area contributed by atoms with E-state index in [1.165, 1.54) is 21.7 Å². The molecule has 32 heavy (non-hydrogen) atoms. The van der Waals surface area contributed by atoms with E-state index in [4.69, 9.17) is 0 Å². The van der Waals surface area contributed by atoms with Gasteiger partial charge >= 0.3 is 6.18 Å². The summed E-state index contributed by atoms with van der Waals surface area (Å²) in [7, 11) is -4.06. The van der Waals surface area contributed by atoms with E-state index in [-0.39, 0.29) is 23.9 Å². The summed E-state index contributed by atoms with van der Waals surface area (Å²) in [5.41, 5.74) is -0.316. The van der Waals surface area contributed by atoms with Crippen molar-refractivity contribution in [2.24, 2.45) is 0 Å². The smallest absolute Gasteiger partial charge is 0.316 e. The topological polar surface area (TPSA) is 88.1 Å². The zero-order valence-electron chi connectivity index (χ0n) is 17.2. The van der Waals surface area contributed by atoms with Gasteiger partial charge in [-0.1, -0.05) is 6.07 Å². The van der Waals surface area contributed by atoms with E-state index in [2.05, 4.69) is 20.3 Å². The Bertz CT molecular complexity index is 1240. The van der Waals surface area contributed by atoms with Crippen molar-refractivity contribution in [1.29, 1.82) is 0 Å². The molecule has 4 rings (SSSR count). The van der Waals surface area contributed by atoms with Crippen molar-refractivity contribution in [3.63, 3.8) is 0 Å². The fourth-order valence-electron chi connectivity index (χ4n) is 3.56. The molecule has 1 aliphatic rings. The highest BCUT2D eigenvalue weighted by atomic mass is 32.2. The summed E-state index contributed by atoms with van der Waals surface area (Å²) < 4.78 is 66.2. The minimum absolute atomic E-state index is 0.130. The van der Waals surface area contributed by atoms with E-state index in [9.17, 15) is 21.6 Å². The highest BCUT2D eigenvalue weighted by molar-refractivity contribution is 7.89. The maximum atomic E-state index is 13.0. The fraction of sp³-hybridized carbons (Fsp3) is 0.350. The van der Waals surface area contributed by atoms with Crippen LogP contribution in [0.2, 0.25) is 0 Å². The number of anilines is 2. The molecule has 1 N–H and O–H groups in total. The van der Waals surface area contributed by atoms with Gasteiger partial charge in [0.25, 0.3) is 0 Å². The third-order valence-electron chi connectivity index (χ3n) is 5.08. The molecule has 1 aliphatic heterocycles. The van der Waals surface area contributed by atoms with Gasteiger partial charge < -0.3 is 5.32 Å². The van der Waals surface area contributed by atoms with Gasteiger partial charge in [0.1, 0.15) is 11.6 Å². The molecule has 3 heterocycles. The summed E-state index contributed by atoms with van der Waals surface area (Å²) in [6.07, 6.45) is -2.36. The summed E-state index contributed by atoms with van der Waals surface area (Å²) in [6.45, 7) is 4.01. The molecule has 0 aliphatic carbocycles. The monoisotopic (exact) mass is 483 g/mol. The maximum Gasteiger partial charge on any atom is 0.416 e. The SMILES string of the molecule is Cc1nc(Nc2ncc(C)s2)cc(C2CCN(S(=O)(=O)c3cccc(C(F)(F)F)c3)C2)n1. The van der Waals surface area contributed by atoms with Crippen LogP contribution in [-0.4, -0.2) is 40.8 Å². The van der Waals surface area contributed by atoms with Crippen molar-refractivity contribution >= 4 is 32.3 Å². The lowest BCUT2D eigenvalue weighted by atomic mass is 10.0. The molecular weight excluding hydrogens is 463 g/mol. The average molecular weight is 484 g/mol. The molecular formula is C20H20F3N5O2S2. The van der Waals surface area contributed by atoms with Crippen LogP contribution >= 0.6 is 11.3 Å². The van der Waals surface area contributed by atoms with Crippen LogP contribution in [0.25, 0.3) is 0 Å². The summed E-state index contributed by atoms with van der Waals surface area (Å²) in [5.74, 6) is 0.884. The third-order valence-corrected chi connectivity index (χ3v) is 7.77. The summed E-state index contributed by atoms with van der Waals surface area (Å²) in [5, 5.41) is 3.82. The molecule has 1 aromatic carbocycles. The van der Waals surface area contributed by atoms with Crippen molar-refractivity contribution in [3.8, 4) is 0 Å². The molecule has 1 saturated heterocycles. The second-order valence-corrected chi connectivity index (χ2v) is 10.7. The van der Waals surface area contributed by atoms with E-state index >= 15 is 0 Å². The molecule has 0 bridgehead atoms. The van der Waals surface area contributed by atoms with E-state index in [0.29, 0.717) is 35.0 Å². The number of hydrogen-bond donors (Lipinski definition) is 1. The Morgan fingerprint density at radius 2 is 1.97 bits per heavy atom. The lowest BCUT2D eigenvalue weighted by molar-refractivity contribution is -0.137. The van der Waals surface area contributed by atoms with Gasteiger partial charge in [-0.15, -0.1) is 11.3 Å². The van der Waals surface area contributed by atoms with E-state index in [1.54, 1.807) is 19.2 Å². The van der Waals surface area contributed by atoms with Crippen LogP contribution in [0.15, 0.2) is 41.4 Å². The van der Waals surface area contributed by atoms with Crippen molar-refractivity contribution in [2.45, 2.75) is 37.3 Å². The quantitative estimate of drug-likeness (QED) is 0.575. The van der Waals surface area contributed by atoms with E-state index in [0.717, 1.165) is 17.0 Å². The number of sulfonamides is 1. The first kappa shape index (κ1) is 22.6. The number of nitrogens with zero attached hydrogens (tertiary/aromatic N) is 4. The fourth-order valence-corrected chi connectivity index (χ4v) is 5.77. The molecule has 170 valence electrons. The molecule has 1 unspecified atom stereocenters. The summed E-state index contributed by atoms with van der Waals surface area (Å²) in [6, 6.07) is 5.58. The second kappa shape index (κ2) is 8.41. The van der Waals surface area contributed by atoms with Gasteiger partial charge in [0.15, 0.2) is 5.13 Å². The summed E-state index contributed by atoms with van der Waals surface area (Å²) in [4.78, 5) is 13.8. The predicted molar refractivity (Wildman–Crippen MR) is 114 cm³/mol. The largest absolute Gasteiger partial charge is 0.416 e. The van der Waals surface area contributed by atoms with Crippen molar-refractivity contribution in [1.82, 2.24) is 19.3 Å². The van der Waals surface area contributed by atoms with Gasteiger partial charge in [-0.2, -0.15) is 17.5 Å². The minimum atomic E-state index is -4.61. The number of nitrogens with one attached hydrogen (secondary N) is 1. The Kier molecular flexibility index (Phi) is 5.94. The summed E-state index contributed by atoms with van der Waals surface area (Å²) >= 11 is 1.48. The second-order valence-electron chi connectivity index (χ2n) is 7.50. The first-order chi connectivity index (χ1) is 15.0. The number of halogens is 3. The Labute approximate surface area is 187 Å². The molecule has 3 aromatic rings. The zero-order chi connectivity index (χ0) is 23.1. The van der Waals surface area contributed by atoms with Crippen molar-refractivity contribution < 1.29 is 21.6 Å². The highest BCUT2D eigenvalue weighted by Gasteiger charge is 2.36. The Balaban J connectivity index is 1.54. The van der Waals surface area contributed by atoms with Crippen LogP contribution < -0.4 is 5.32 Å². The third kappa shape index (κ3) is 4.76. The van der Waals surface area contributed by atoms with Gasteiger partial charge in [0.05, 0.1) is 16.2 Å². The molecule has 1 atom stereocenters. The lowest BCUT2D eigenvalue weighted by Crippen LogP contribution is -2.29. The molecule has 12 heteroatoms. The standard InChI is InChI=1S/C20H20F3N5O2S2/c1-12-10-24-19(31-12)27-18-9-17(25-13(2)26-18)14-6-7-28(11-14)32(29,30)16-5-3-4-15(8-16)20(21,22)23/h3-5,8-10,14H,6-7,11H2,1-2H3,(H,24,25,26,27). The van der Waals surface area contributed by atoms with Crippen LogP contribution in [0, 0.1) is 13.8 Å². The number of benzene rings is 1. The van der Waals surface area contributed by atoms with Gasteiger partial charge in [-0.25, -0.2) is 23.4 Å². The van der Waals surface area contributed by atoms with E-state index in [1.807, 2.05) is 6.92 Å². The number of hydrogen-bond acceptors (Lipinski definition) is 7. The lowest BCUT2D eigenvalue weighted by Gasteiger charge is -2.18. The van der Waals surface area contributed by atoms with Gasteiger partial charge in [0.2, 0.25) is 10.0 Å². The minimum Gasteiger partial charge on any atom is -0.316 e. The van der Waals surface area contributed by atoms with Gasteiger partial charge in [-0.3, -0.25) is 0 Å². The first-order valence-electron chi connectivity index (χ1n) is 9.75. The highest BCUT2D eigenvalue weighted by Crippen LogP contribution is 2.34. The molecule has 0 saturated carbocycles. The maximum absolute atomic E-state index is 13.0. The van der Waals surface area contributed by atoms with Gasteiger partial charge in [0, 0.05) is 36.1 Å². The van der Waals surface area contributed by atoms with Crippen LogP contribution in [0.5, 0.6) is 0 Å². The molecule has 2 aromatic heterocycles. The van der Waals surface area contributed by atoms with E-state index < -0.39 is 21.8 Å². The van der Waals surface area contributed by atoms with Crippen molar-refractivity contribution in [2.75, 3.05) is 18.4 Å². The van der Waals surface area contributed by atoms with Crippen LogP contribution in [0.4, 0.5) is 24.1 Å².